The Morgan fingerprint density at radius 3 is 2.50 bits per heavy atom. The molecule has 0 atom stereocenters. The number of ether oxygens (including phenoxy) is 1. The van der Waals surface area contributed by atoms with E-state index in [1.165, 1.54) is 0 Å². The first-order chi connectivity index (χ1) is 7.77. The topological polar surface area (TPSA) is 26.3 Å². The molecule has 0 heterocycles. The van der Waals surface area contributed by atoms with E-state index in [0.29, 0.717) is 24.3 Å². The van der Waals surface area contributed by atoms with Crippen LogP contribution in [0.2, 0.25) is 0 Å². The molecule has 0 aromatic heterocycles. The van der Waals surface area contributed by atoms with Gasteiger partial charge in [0.25, 0.3) is 0 Å². The van der Waals surface area contributed by atoms with Crippen LogP contribution in [0.15, 0.2) is 24.3 Å². The largest absolute Gasteiger partial charge is 0.462 e. The van der Waals surface area contributed by atoms with Crippen LogP contribution in [0.3, 0.4) is 0 Å². The first kappa shape index (κ1) is 13.0. The summed E-state index contributed by atoms with van der Waals surface area (Å²) in [6.07, 6.45) is 0.987. The van der Waals surface area contributed by atoms with Crippen LogP contribution in [0.4, 0.5) is 4.39 Å². The molecule has 0 aliphatic rings. The molecule has 1 aromatic rings. The number of carbonyl (C=O) groups is 1. The maximum atomic E-state index is 11.8. The molecule has 0 N–H and O–H groups in total. The minimum atomic E-state index is -0.375. The van der Waals surface area contributed by atoms with Gasteiger partial charge in [-0.2, -0.15) is 0 Å². The second-order valence-corrected chi connectivity index (χ2v) is 3.63. The first-order valence-electron chi connectivity index (χ1n) is 5.16. The Hall–Kier alpha value is -1.09. The molecule has 0 amide bonds. The molecule has 1 rings (SSSR count). The monoisotopic (exact) mass is 244 g/mol. The van der Waals surface area contributed by atoms with E-state index in [0.717, 1.165) is 5.56 Å². The number of unbranched alkanes of at least 4 members (excludes halogenated alkanes) is 1. The molecule has 0 unspecified atom stereocenters. The Morgan fingerprint density at radius 1 is 1.25 bits per heavy atom. The predicted octanol–water partition coefficient (Wildman–Crippen LogP) is 3.33. The number of carbonyl (C=O) groups excluding carboxylic acids is 1. The van der Waals surface area contributed by atoms with Gasteiger partial charge in [-0.3, -0.25) is 4.39 Å². The number of alkyl halides is 2. The highest BCUT2D eigenvalue weighted by molar-refractivity contribution is 6.17. The van der Waals surface area contributed by atoms with Gasteiger partial charge >= 0.3 is 5.97 Å². The van der Waals surface area contributed by atoms with E-state index in [1.807, 2.05) is 0 Å². The van der Waals surface area contributed by atoms with Crippen LogP contribution in [-0.4, -0.2) is 19.3 Å². The lowest BCUT2D eigenvalue weighted by atomic mass is 10.1. The van der Waals surface area contributed by atoms with Gasteiger partial charge in [0, 0.05) is 5.88 Å². The molecule has 1 aromatic carbocycles. The van der Waals surface area contributed by atoms with Crippen molar-refractivity contribution in [3.8, 4) is 0 Å². The summed E-state index contributed by atoms with van der Waals surface area (Å²) in [5, 5.41) is 0. The summed E-state index contributed by atoms with van der Waals surface area (Å²) in [6.45, 7) is -0.109. The summed E-state index contributed by atoms with van der Waals surface area (Å²) in [6, 6.07) is 6.92. The fraction of sp³-hybridized carbons (Fsp3) is 0.417. The molecule has 0 radical (unpaired) electrons. The van der Waals surface area contributed by atoms with Crippen molar-refractivity contribution in [3.63, 3.8) is 0 Å². The van der Waals surface area contributed by atoms with E-state index < -0.39 is 0 Å². The lowest BCUT2D eigenvalue weighted by molar-refractivity contribution is 0.0496. The maximum absolute atomic E-state index is 11.8. The summed E-state index contributed by atoms with van der Waals surface area (Å²) in [5.41, 5.74) is 1.45. The molecule has 0 aliphatic carbocycles. The average Bonchev–Trinajstić information content (AvgIpc) is 2.34. The number of rotatable bonds is 6. The number of halogens is 2. The van der Waals surface area contributed by atoms with Crippen LogP contribution in [0.1, 0.15) is 28.8 Å². The maximum Gasteiger partial charge on any atom is 0.338 e. The fourth-order valence-electron chi connectivity index (χ4n) is 1.17. The van der Waals surface area contributed by atoms with Crippen molar-refractivity contribution in [2.24, 2.45) is 0 Å². The van der Waals surface area contributed by atoms with Crippen molar-refractivity contribution in [2.75, 3.05) is 13.3 Å². The molecule has 16 heavy (non-hydrogen) atoms. The second-order valence-electron chi connectivity index (χ2n) is 3.36. The molecular weight excluding hydrogens is 231 g/mol. The highest BCUT2D eigenvalue weighted by Gasteiger charge is 2.06. The minimum absolute atomic E-state index is 0.264. The summed E-state index contributed by atoms with van der Waals surface area (Å²) in [7, 11) is 0. The van der Waals surface area contributed by atoms with Gasteiger partial charge in [0.1, 0.15) is 0 Å². The van der Waals surface area contributed by atoms with E-state index in [9.17, 15) is 9.18 Å². The van der Waals surface area contributed by atoms with Gasteiger partial charge in [-0.15, -0.1) is 11.6 Å². The second kappa shape index (κ2) is 7.23. The molecule has 4 heteroatoms. The van der Waals surface area contributed by atoms with Crippen molar-refractivity contribution < 1.29 is 13.9 Å². The van der Waals surface area contributed by atoms with Crippen LogP contribution >= 0.6 is 11.6 Å². The smallest absolute Gasteiger partial charge is 0.338 e. The standard InChI is InChI=1S/C12H14ClFO2/c13-9-10-3-5-11(6-4-10)12(15)16-8-2-1-7-14/h3-6H,1-2,7-9H2. The summed E-state index contributed by atoms with van der Waals surface area (Å²) < 4.78 is 16.7. The number of esters is 1. The van der Waals surface area contributed by atoms with Crippen LogP contribution < -0.4 is 0 Å². The predicted molar refractivity (Wildman–Crippen MR) is 61.5 cm³/mol. The van der Waals surface area contributed by atoms with E-state index in [2.05, 4.69) is 0 Å². The zero-order chi connectivity index (χ0) is 11.8. The van der Waals surface area contributed by atoms with Crippen LogP contribution in [-0.2, 0) is 10.6 Å². The van der Waals surface area contributed by atoms with Gasteiger partial charge in [-0.25, -0.2) is 4.79 Å². The van der Waals surface area contributed by atoms with E-state index >= 15 is 0 Å². The number of hydrogen-bond acceptors (Lipinski definition) is 2. The molecule has 0 fully saturated rings. The van der Waals surface area contributed by atoms with Crippen molar-refractivity contribution >= 4 is 17.6 Å². The highest BCUT2D eigenvalue weighted by atomic mass is 35.5. The Kier molecular flexibility index (Phi) is 5.86. The summed E-state index contributed by atoms with van der Waals surface area (Å²) in [4.78, 5) is 11.5. The first-order valence-corrected chi connectivity index (χ1v) is 5.69. The van der Waals surface area contributed by atoms with E-state index in [-0.39, 0.29) is 19.3 Å². The molecular formula is C12H14ClFO2. The molecule has 0 aliphatic heterocycles. The Balaban J connectivity index is 2.40. The van der Waals surface area contributed by atoms with Gasteiger partial charge in [-0.1, -0.05) is 12.1 Å². The average molecular weight is 245 g/mol. The lowest BCUT2D eigenvalue weighted by Gasteiger charge is -2.04. The van der Waals surface area contributed by atoms with Gasteiger partial charge in [0.05, 0.1) is 18.8 Å². The fourth-order valence-corrected chi connectivity index (χ4v) is 1.35. The molecule has 0 saturated carbocycles. The molecule has 2 nitrogen and oxygen atoms in total. The third-order valence-electron chi connectivity index (χ3n) is 2.11. The minimum Gasteiger partial charge on any atom is -0.462 e. The zero-order valence-corrected chi connectivity index (χ0v) is 9.67. The van der Waals surface area contributed by atoms with Crippen LogP contribution in [0.25, 0.3) is 0 Å². The van der Waals surface area contributed by atoms with Gasteiger partial charge in [0.2, 0.25) is 0 Å². The third-order valence-corrected chi connectivity index (χ3v) is 2.41. The molecule has 0 saturated heterocycles. The van der Waals surface area contributed by atoms with Gasteiger partial charge in [0.15, 0.2) is 0 Å². The third kappa shape index (κ3) is 4.19. The summed E-state index contributed by atoms with van der Waals surface area (Å²) >= 11 is 5.63. The Morgan fingerprint density at radius 2 is 1.94 bits per heavy atom. The number of benzene rings is 1. The molecule has 88 valence electrons. The molecule has 0 spiro atoms. The SMILES string of the molecule is O=C(OCCCCF)c1ccc(CCl)cc1. The van der Waals surface area contributed by atoms with Crippen molar-refractivity contribution in [1.82, 2.24) is 0 Å². The van der Waals surface area contributed by atoms with Gasteiger partial charge in [-0.05, 0) is 30.5 Å². The van der Waals surface area contributed by atoms with Crippen molar-refractivity contribution in [3.05, 3.63) is 35.4 Å². The molecule has 0 bridgehead atoms. The van der Waals surface area contributed by atoms with Crippen molar-refractivity contribution in [1.29, 1.82) is 0 Å². The van der Waals surface area contributed by atoms with E-state index in [1.54, 1.807) is 24.3 Å². The van der Waals surface area contributed by atoms with Crippen LogP contribution in [0.5, 0.6) is 0 Å². The number of hydrogen-bond donors (Lipinski definition) is 0. The van der Waals surface area contributed by atoms with E-state index in [4.69, 9.17) is 16.3 Å². The lowest BCUT2D eigenvalue weighted by Crippen LogP contribution is -2.06. The quantitative estimate of drug-likeness (QED) is 0.436. The van der Waals surface area contributed by atoms with Crippen LogP contribution in [0, 0.1) is 0 Å². The highest BCUT2D eigenvalue weighted by Crippen LogP contribution is 2.08. The summed E-state index contributed by atoms with van der Waals surface area (Å²) in [5.74, 6) is 0.0474. The zero-order valence-electron chi connectivity index (χ0n) is 8.92. The Bertz CT molecular complexity index is 324. The van der Waals surface area contributed by atoms with Crippen molar-refractivity contribution in [2.45, 2.75) is 18.7 Å². The normalized spacial score (nSPS) is 10.1. The van der Waals surface area contributed by atoms with Gasteiger partial charge < -0.3 is 4.74 Å². The Labute approximate surface area is 99.4 Å².